The summed E-state index contributed by atoms with van der Waals surface area (Å²) in [7, 11) is 1.52. The zero-order valence-electron chi connectivity index (χ0n) is 20.2. The third-order valence-electron chi connectivity index (χ3n) is 6.18. The first-order chi connectivity index (χ1) is 16.8. The van der Waals surface area contributed by atoms with Crippen molar-refractivity contribution >= 4 is 11.6 Å². The molecular formula is C29H28FN3O2. The molecule has 0 fully saturated rings. The predicted octanol–water partition coefficient (Wildman–Crippen LogP) is 6.45. The number of amides is 1. The Labute approximate surface area is 204 Å². The predicted molar refractivity (Wildman–Crippen MR) is 138 cm³/mol. The summed E-state index contributed by atoms with van der Waals surface area (Å²) >= 11 is 0. The van der Waals surface area contributed by atoms with Crippen molar-refractivity contribution in [3.63, 3.8) is 0 Å². The number of anilines is 1. The minimum absolute atomic E-state index is 0.270. The van der Waals surface area contributed by atoms with Gasteiger partial charge < -0.3 is 15.8 Å². The van der Waals surface area contributed by atoms with Crippen molar-refractivity contribution in [3.05, 3.63) is 101 Å². The maximum atomic E-state index is 15.0. The zero-order valence-corrected chi connectivity index (χ0v) is 20.2. The summed E-state index contributed by atoms with van der Waals surface area (Å²) in [5.74, 6) is -0.238. The minimum Gasteiger partial charge on any atom is -0.496 e. The van der Waals surface area contributed by atoms with Gasteiger partial charge >= 0.3 is 0 Å². The summed E-state index contributed by atoms with van der Waals surface area (Å²) in [4.78, 5) is 16.8. The van der Waals surface area contributed by atoms with Gasteiger partial charge in [-0.25, -0.2) is 4.39 Å². The SMILES string of the molecule is COc1cc(-c2cccc(-c3cccc(NC(=O)c4ccccn4)c3C)c2C)cc(F)c1C(C)N. The molecule has 3 aromatic carbocycles. The fourth-order valence-corrected chi connectivity index (χ4v) is 4.35. The highest BCUT2D eigenvalue weighted by atomic mass is 19.1. The Morgan fingerprint density at radius 2 is 1.66 bits per heavy atom. The number of benzene rings is 3. The molecule has 0 bridgehead atoms. The number of nitrogens with one attached hydrogen (secondary N) is 1. The number of pyridine rings is 1. The van der Waals surface area contributed by atoms with E-state index >= 15 is 0 Å². The summed E-state index contributed by atoms with van der Waals surface area (Å²) in [5, 5.41) is 2.96. The molecule has 0 radical (unpaired) electrons. The number of hydrogen-bond donors (Lipinski definition) is 2. The number of nitrogens with two attached hydrogens (primary N) is 1. The summed E-state index contributed by atoms with van der Waals surface area (Å²) in [5.41, 5.74) is 12.8. The average molecular weight is 470 g/mol. The van der Waals surface area contributed by atoms with Crippen LogP contribution in [0.1, 0.15) is 40.1 Å². The standard InChI is InChI=1S/C29H28FN3O2/c1-17-21(20-15-24(30)28(19(3)31)27(16-20)35-4)9-7-10-22(17)23-11-8-13-25(18(23)2)33-29(34)26-12-5-6-14-32-26/h5-16,19H,31H2,1-4H3,(H,33,34). The van der Waals surface area contributed by atoms with Crippen LogP contribution in [-0.2, 0) is 0 Å². The van der Waals surface area contributed by atoms with Crippen molar-refractivity contribution in [2.75, 3.05) is 12.4 Å². The van der Waals surface area contributed by atoms with Gasteiger partial charge in [-0.3, -0.25) is 9.78 Å². The van der Waals surface area contributed by atoms with Crippen molar-refractivity contribution in [2.45, 2.75) is 26.8 Å². The number of nitrogens with zero attached hydrogens (tertiary/aromatic N) is 1. The molecule has 0 aliphatic carbocycles. The van der Waals surface area contributed by atoms with E-state index in [0.29, 0.717) is 28.3 Å². The van der Waals surface area contributed by atoms with E-state index in [0.717, 1.165) is 27.8 Å². The lowest BCUT2D eigenvalue weighted by Gasteiger charge is -2.18. The molecule has 1 atom stereocenters. The van der Waals surface area contributed by atoms with Gasteiger partial charge in [-0.05, 0) is 84.5 Å². The van der Waals surface area contributed by atoms with Crippen LogP contribution in [-0.4, -0.2) is 18.0 Å². The van der Waals surface area contributed by atoms with Gasteiger partial charge in [-0.15, -0.1) is 0 Å². The fraction of sp³-hybridized carbons (Fsp3) is 0.172. The van der Waals surface area contributed by atoms with Crippen LogP contribution in [0, 0.1) is 19.7 Å². The van der Waals surface area contributed by atoms with Gasteiger partial charge in [0.1, 0.15) is 17.3 Å². The van der Waals surface area contributed by atoms with Crippen LogP contribution in [0.5, 0.6) is 5.75 Å². The Morgan fingerprint density at radius 3 is 2.31 bits per heavy atom. The maximum absolute atomic E-state index is 15.0. The van der Waals surface area contributed by atoms with Crippen molar-refractivity contribution in [2.24, 2.45) is 5.73 Å². The molecule has 0 aliphatic heterocycles. The van der Waals surface area contributed by atoms with Gasteiger partial charge in [0.25, 0.3) is 5.91 Å². The highest BCUT2D eigenvalue weighted by molar-refractivity contribution is 6.03. The van der Waals surface area contributed by atoms with E-state index in [9.17, 15) is 9.18 Å². The second kappa shape index (κ2) is 10.1. The fourth-order valence-electron chi connectivity index (χ4n) is 4.35. The zero-order chi connectivity index (χ0) is 25.1. The number of halogens is 1. The lowest BCUT2D eigenvalue weighted by Crippen LogP contribution is -2.14. The summed E-state index contributed by atoms with van der Waals surface area (Å²) in [6.07, 6.45) is 1.59. The number of carbonyl (C=O) groups is 1. The van der Waals surface area contributed by atoms with Crippen molar-refractivity contribution in [3.8, 4) is 28.0 Å². The van der Waals surface area contributed by atoms with E-state index < -0.39 is 11.9 Å². The Morgan fingerprint density at radius 1 is 0.971 bits per heavy atom. The summed E-state index contributed by atoms with van der Waals surface area (Å²) < 4.78 is 20.4. The van der Waals surface area contributed by atoms with Crippen molar-refractivity contribution in [1.82, 2.24) is 4.98 Å². The first-order valence-electron chi connectivity index (χ1n) is 11.4. The number of methoxy groups -OCH3 is 1. The lowest BCUT2D eigenvalue weighted by atomic mass is 9.89. The van der Waals surface area contributed by atoms with Gasteiger partial charge in [0.15, 0.2) is 0 Å². The normalized spacial score (nSPS) is 11.7. The van der Waals surface area contributed by atoms with Crippen molar-refractivity contribution in [1.29, 1.82) is 0 Å². The Balaban J connectivity index is 1.75. The van der Waals surface area contributed by atoms with Crippen LogP contribution in [0.15, 0.2) is 72.9 Å². The first kappa shape index (κ1) is 24.1. The van der Waals surface area contributed by atoms with Crippen LogP contribution in [0.4, 0.5) is 10.1 Å². The lowest BCUT2D eigenvalue weighted by molar-refractivity contribution is 0.102. The average Bonchev–Trinajstić information content (AvgIpc) is 2.85. The molecule has 0 aliphatic rings. The molecule has 3 N–H and O–H groups in total. The Kier molecular flexibility index (Phi) is 6.94. The molecule has 1 heterocycles. The maximum Gasteiger partial charge on any atom is 0.274 e. The highest BCUT2D eigenvalue weighted by Crippen LogP contribution is 2.38. The van der Waals surface area contributed by atoms with Gasteiger partial charge in [-0.1, -0.05) is 36.4 Å². The number of carbonyl (C=O) groups excluding carboxylic acids is 1. The van der Waals surface area contributed by atoms with E-state index in [1.807, 2.05) is 56.3 Å². The topological polar surface area (TPSA) is 77.2 Å². The third-order valence-corrected chi connectivity index (χ3v) is 6.18. The van der Waals surface area contributed by atoms with Crippen LogP contribution in [0.2, 0.25) is 0 Å². The molecule has 1 aromatic heterocycles. The second-order valence-corrected chi connectivity index (χ2v) is 8.49. The van der Waals surface area contributed by atoms with E-state index in [2.05, 4.69) is 10.3 Å². The summed E-state index contributed by atoms with van der Waals surface area (Å²) in [6.45, 7) is 5.71. The van der Waals surface area contributed by atoms with Gasteiger partial charge in [0.05, 0.1) is 7.11 Å². The number of aromatic nitrogens is 1. The molecule has 0 spiro atoms. The molecule has 6 heteroatoms. The molecule has 178 valence electrons. The molecule has 1 amide bonds. The third kappa shape index (κ3) is 4.79. The molecule has 35 heavy (non-hydrogen) atoms. The van der Waals surface area contributed by atoms with Crippen LogP contribution < -0.4 is 15.8 Å². The van der Waals surface area contributed by atoms with E-state index in [1.54, 1.807) is 31.3 Å². The summed E-state index contributed by atoms with van der Waals surface area (Å²) in [6, 6.07) is 19.8. The van der Waals surface area contributed by atoms with Crippen LogP contribution >= 0.6 is 0 Å². The Hall–Kier alpha value is -4.03. The first-order valence-corrected chi connectivity index (χ1v) is 11.4. The molecule has 4 rings (SSSR count). The van der Waals surface area contributed by atoms with Gasteiger partial charge in [-0.2, -0.15) is 0 Å². The Bertz CT molecular complexity index is 1380. The number of hydrogen-bond acceptors (Lipinski definition) is 4. The van der Waals surface area contributed by atoms with E-state index in [1.165, 1.54) is 13.2 Å². The monoisotopic (exact) mass is 469 g/mol. The van der Waals surface area contributed by atoms with Crippen LogP contribution in [0.3, 0.4) is 0 Å². The largest absolute Gasteiger partial charge is 0.496 e. The highest BCUT2D eigenvalue weighted by Gasteiger charge is 2.18. The molecule has 4 aromatic rings. The molecular weight excluding hydrogens is 441 g/mol. The molecule has 0 saturated heterocycles. The van der Waals surface area contributed by atoms with Crippen LogP contribution in [0.25, 0.3) is 22.3 Å². The molecule has 5 nitrogen and oxygen atoms in total. The smallest absolute Gasteiger partial charge is 0.274 e. The quantitative estimate of drug-likeness (QED) is 0.340. The van der Waals surface area contributed by atoms with Gasteiger partial charge in [0.2, 0.25) is 0 Å². The molecule has 1 unspecified atom stereocenters. The van der Waals surface area contributed by atoms with Gasteiger partial charge in [0, 0.05) is 23.5 Å². The molecule has 0 saturated carbocycles. The number of rotatable bonds is 6. The van der Waals surface area contributed by atoms with E-state index in [4.69, 9.17) is 10.5 Å². The second-order valence-electron chi connectivity index (χ2n) is 8.49. The van der Waals surface area contributed by atoms with E-state index in [-0.39, 0.29) is 5.91 Å². The van der Waals surface area contributed by atoms with Crippen molar-refractivity contribution < 1.29 is 13.9 Å². The minimum atomic E-state index is -0.488. The number of ether oxygens (including phenoxy) is 1.